The van der Waals surface area contributed by atoms with Crippen LogP contribution in [-0.2, 0) is 14.8 Å². The predicted octanol–water partition coefficient (Wildman–Crippen LogP) is 2.37. The van der Waals surface area contributed by atoms with Crippen LogP contribution in [0.5, 0.6) is 0 Å². The van der Waals surface area contributed by atoms with Gasteiger partial charge in [-0.25, -0.2) is 0 Å². The third-order valence-corrected chi connectivity index (χ3v) is 0.607. The van der Waals surface area contributed by atoms with Gasteiger partial charge in [0.1, 0.15) is 0 Å². The Kier molecular flexibility index (Phi) is 8.12. The third-order valence-electron chi connectivity index (χ3n) is 0.607. The zero-order valence-corrected chi connectivity index (χ0v) is 9.60. The molecule has 0 radical (unpaired) electrons. The molecule has 0 amide bonds. The standard InChI is InChI=1S/C6H5.HI.Zn/c1-2-4-6-5-3-1;;/h1-5H;1H;/q-1;;+2/p-1. The van der Waals surface area contributed by atoms with Crippen molar-refractivity contribution < 1.29 is 14.8 Å². The van der Waals surface area contributed by atoms with Crippen molar-refractivity contribution in [3.8, 4) is 0 Å². The fourth-order valence-electron chi connectivity index (χ4n) is 0.342. The van der Waals surface area contributed by atoms with Gasteiger partial charge in [-0.2, -0.15) is 36.4 Å². The Morgan fingerprint density at radius 1 is 1.00 bits per heavy atom. The van der Waals surface area contributed by atoms with Crippen LogP contribution in [0.3, 0.4) is 0 Å². The van der Waals surface area contributed by atoms with Gasteiger partial charge >= 0.3 is 34.5 Å². The number of rotatable bonds is 0. The predicted molar refractivity (Wildman–Crippen MR) is 39.3 cm³/mol. The van der Waals surface area contributed by atoms with Crippen molar-refractivity contribution in [2.24, 2.45) is 0 Å². The molecule has 0 saturated heterocycles. The molecule has 8 heavy (non-hydrogen) atoms. The van der Waals surface area contributed by atoms with Crippen LogP contribution < -0.4 is 0 Å². The summed E-state index contributed by atoms with van der Waals surface area (Å²) in [5, 5.41) is 0. The summed E-state index contributed by atoms with van der Waals surface area (Å²) in [6, 6.07) is 12.5. The van der Waals surface area contributed by atoms with E-state index in [4.69, 9.17) is 0 Å². The summed E-state index contributed by atoms with van der Waals surface area (Å²) in [7, 11) is 0. The zero-order valence-electron chi connectivity index (χ0n) is 4.47. The summed E-state index contributed by atoms with van der Waals surface area (Å²) in [6.45, 7) is 0. The first-order valence-corrected chi connectivity index (χ1v) is 11.2. The molecule has 1 aromatic carbocycles. The van der Waals surface area contributed by atoms with Crippen molar-refractivity contribution in [1.82, 2.24) is 0 Å². The molecule has 38 valence electrons. The fourth-order valence-corrected chi connectivity index (χ4v) is 0.342. The summed E-state index contributed by atoms with van der Waals surface area (Å²) >= 11 is 3.62. The van der Waals surface area contributed by atoms with Gasteiger partial charge in [0, 0.05) is 0 Å². The number of benzene rings is 1. The number of hydrogen-bond donors (Lipinski definition) is 0. The molecular formula is C6H5IZn. The summed E-state index contributed by atoms with van der Waals surface area (Å²) in [6.07, 6.45) is 0. The molecule has 1 rings (SSSR count). The number of halogens is 1. The molecule has 0 aliphatic carbocycles. The molecule has 0 unspecified atom stereocenters. The third kappa shape index (κ3) is 4.73. The van der Waals surface area contributed by atoms with Gasteiger partial charge in [0.25, 0.3) is 0 Å². The summed E-state index contributed by atoms with van der Waals surface area (Å²) in [5.41, 5.74) is 0. The normalized spacial score (nSPS) is 6.88. The van der Waals surface area contributed by atoms with Gasteiger partial charge in [-0.3, -0.25) is 0 Å². The first-order chi connectivity index (χ1) is 4.00. The molecule has 0 heterocycles. The first kappa shape index (κ1) is 8.57. The second kappa shape index (κ2) is 7.57. The van der Waals surface area contributed by atoms with E-state index in [0.29, 0.717) is 0 Å². The van der Waals surface area contributed by atoms with Crippen LogP contribution in [0.4, 0.5) is 0 Å². The Bertz CT molecular complexity index is 80.5. The maximum Gasteiger partial charge on any atom is -0.171 e. The van der Waals surface area contributed by atoms with Crippen LogP contribution in [0.15, 0.2) is 30.3 Å². The zero-order chi connectivity index (χ0) is 6.24. The topological polar surface area (TPSA) is 0 Å². The molecule has 2 heteroatoms. The molecule has 0 nitrogen and oxygen atoms in total. The van der Waals surface area contributed by atoms with E-state index in [0.717, 1.165) is 0 Å². The number of hydrogen-bond acceptors (Lipinski definition) is 0. The van der Waals surface area contributed by atoms with E-state index < -0.39 is 0 Å². The van der Waals surface area contributed by atoms with Crippen LogP contribution in [0.1, 0.15) is 0 Å². The minimum absolute atomic E-state index is 1.34. The maximum absolute atomic E-state index is 2.89. The second-order valence-electron chi connectivity index (χ2n) is 1.08. The van der Waals surface area contributed by atoms with E-state index in [2.05, 4.69) is 25.8 Å². The van der Waals surface area contributed by atoms with E-state index in [-0.39, 0.29) is 0 Å². The van der Waals surface area contributed by atoms with Crippen LogP contribution >= 0.6 is 19.8 Å². The molecule has 0 N–H and O–H groups in total. The molecule has 0 spiro atoms. The Balaban J connectivity index is 0.000000222. The van der Waals surface area contributed by atoms with Gasteiger partial charge in [-0.05, 0) is 0 Å². The quantitative estimate of drug-likeness (QED) is 0.385. The average molecular weight is 269 g/mol. The van der Waals surface area contributed by atoms with E-state index in [1.165, 1.54) is 14.8 Å². The van der Waals surface area contributed by atoms with Crippen molar-refractivity contribution >= 4 is 19.8 Å². The maximum atomic E-state index is 2.89. The van der Waals surface area contributed by atoms with Crippen LogP contribution in [-0.4, -0.2) is 0 Å². The van der Waals surface area contributed by atoms with E-state index in [9.17, 15) is 0 Å². The summed E-state index contributed by atoms with van der Waals surface area (Å²) in [5.74, 6) is 0. The van der Waals surface area contributed by atoms with E-state index >= 15 is 0 Å². The molecule has 0 atom stereocenters. The molecular weight excluding hydrogens is 264 g/mol. The van der Waals surface area contributed by atoms with Crippen LogP contribution in [0.2, 0.25) is 0 Å². The van der Waals surface area contributed by atoms with Crippen molar-refractivity contribution in [3.63, 3.8) is 0 Å². The van der Waals surface area contributed by atoms with Gasteiger partial charge in [0.2, 0.25) is 0 Å². The molecule has 0 saturated carbocycles. The SMILES string of the molecule is [Zn+][I].[c-]1ccccc1. The van der Waals surface area contributed by atoms with Gasteiger partial charge in [0.05, 0.1) is 0 Å². The molecule has 0 aromatic heterocycles. The molecule has 0 bridgehead atoms. The summed E-state index contributed by atoms with van der Waals surface area (Å²) < 4.78 is 0. The first-order valence-electron chi connectivity index (χ1n) is 2.18. The smallest absolute Gasteiger partial charge is 0.171 e. The molecule has 0 aliphatic rings. The Labute approximate surface area is 70.5 Å². The minimum Gasteiger partial charge on any atom is -0.184 e. The average Bonchev–Trinajstić information content (AvgIpc) is 1.96. The van der Waals surface area contributed by atoms with Crippen molar-refractivity contribution in [1.29, 1.82) is 0 Å². The largest absolute Gasteiger partial charge is 0.184 e. The Morgan fingerprint density at radius 3 is 1.62 bits per heavy atom. The van der Waals surface area contributed by atoms with E-state index in [1.807, 2.05) is 30.3 Å². The molecule has 0 aliphatic heterocycles. The molecule has 0 fully saturated rings. The van der Waals surface area contributed by atoms with Crippen molar-refractivity contribution in [2.45, 2.75) is 0 Å². The van der Waals surface area contributed by atoms with Gasteiger partial charge in [-0.15, -0.1) is 0 Å². The van der Waals surface area contributed by atoms with Crippen molar-refractivity contribution in [3.05, 3.63) is 36.4 Å². The van der Waals surface area contributed by atoms with E-state index in [1.54, 1.807) is 0 Å². The van der Waals surface area contributed by atoms with Gasteiger partial charge in [-0.1, -0.05) is 0 Å². The van der Waals surface area contributed by atoms with Crippen LogP contribution in [0, 0.1) is 6.07 Å². The summed E-state index contributed by atoms with van der Waals surface area (Å²) in [4.78, 5) is 0. The minimum atomic E-state index is 1.34. The van der Waals surface area contributed by atoms with Crippen molar-refractivity contribution in [2.75, 3.05) is 0 Å². The molecule has 1 aromatic rings. The Hall–Kier alpha value is 0.573. The monoisotopic (exact) mass is 268 g/mol. The second-order valence-corrected chi connectivity index (χ2v) is 1.08. The Morgan fingerprint density at radius 2 is 1.50 bits per heavy atom. The van der Waals surface area contributed by atoms with Gasteiger partial charge in [0.15, 0.2) is 0 Å². The van der Waals surface area contributed by atoms with Gasteiger partial charge < -0.3 is 0 Å². The fraction of sp³-hybridized carbons (Fsp3) is 0. The van der Waals surface area contributed by atoms with Crippen LogP contribution in [0.25, 0.3) is 0 Å².